The zero-order valence-corrected chi connectivity index (χ0v) is 11.9. The number of alkyl halides is 1. The molecule has 0 spiro atoms. The first kappa shape index (κ1) is 13.7. The first-order chi connectivity index (χ1) is 8.59. The molecule has 2 nitrogen and oxygen atoms in total. The van der Waals surface area contributed by atoms with Gasteiger partial charge in [0, 0.05) is 22.5 Å². The predicted octanol–water partition coefficient (Wildman–Crippen LogP) is 3.79. The normalized spacial score (nSPS) is 23.1. The maximum absolute atomic E-state index is 12.1. The molecule has 0 aromatic heterocycles. The highest BCUT2D eigenvalue weighted by molar-refractivity contribution is 6.31. The van der Waals surface area contributed by atoms with Gasteiger partial charge in [-0.2, -0.15) is 0 Å². The maximum Gasteiger partial charge on any atom is 0.251 e. The number of rotatable bonds is 3. The van der Waals surface area contributed by atoms with E-state index in [2.05, 4.69) is 5.32 Å². The molecule has 18 heavy (non-hydrogen) atoms. The van der Waals surface area contributed by atoms with Crippen molar-refractivity contribution in [3.8, 4) is 0 Å². The molecule has 1 aromatic carbocycles. The Hall–Kier alpha value is -0.730. The molecule has 0 aliphatic heterocycles. The summed E-state index contributed by atoms with van der Waals surface area (Å²) in [5, 5.41) is 3.78. The largest absolute Gasteiger partial charge is 0.352 e. The van der Waals surface area contributed by atoms with Crippen LogP contribution in [0.4, 0.5) is 0 Å². The summed E-state index contributed by atoms with van der Waals surface area (Å²) in [5.41, 5.74) is 1.47. The molecule has 0 radical (unpaired) electrons. The number of nitrogens with one attached hydrogen (secondary N) is 1. The third-order valence-corrected chi connectivity index (χ3v) is 4.59. The number of benzene rings is 1. The van der Waals surface area contributed by atoms with Gasteiger partial charge in [0.25, 0.3) is 5.91 Å². The monoisotopic (exact) mass is 285 g/mol. The zero-order valence-electron chi connectivity index (χ0n) is 10.4. The van der Waals surface area contributed by atoms with E-state index in [9.17, 15) is 4.79 Å². The zero-order chi connectivity index (χ0) is 13.1. The standard InChI is InChI=1S/C14H17Cl2NO/c1-9-11(5-3-6-12(9)15)14(18)17-8-10-4-2-7-13(10)16/h3,5-6,10,13H,2,4,7-8H2,1H3,(H,17,18). The fourth-order valence-electron chi connectivity index (χ4n) is 2.39. The molecule has 1 aliphatic rings. The van der Waals surface area contributed by atoms with Gasteiger partial charge in [0.15, 0.2) is 0 Å². The number of hydrogen-bond acceptors (Lipinski definition) is 1. The molecule has 0 heterocycles. The van der Waals surface area contributed by atoms with Crippen LogP contribution in [-0.2, 0) is 0 Å². The van der Waals surface area contributed by atoms with Crippen molar-refractivity contribution in [1.29, 1.82) is 0 Å². The SMILES string of the molecule is Cc1c(Cl)cccc1C(=O)NCC1CCCC1Cl. The summed E-state index contributed by atoms with van der Waals surface area (Å²) in [6.45, 7) is 2.51. The van der Waals surface area contributed by atoms with Gasteiger partial charge < -0.3 is 5.32 Å². The third-order valence-electron chi connectivity index (χ3n) is 3.60. The molecule has 2 atom stereocenters. The summed E-state index contributed by atoms with van der Waals surface area (Å²) in [7, 11) is 0. The van der Waals surface area contributed by atoms with Gasteiger partial charge in [0.1, 0.15) is 0 Å². The average Bonchev–Trinajstić information content (AvgIpc) is 2.75. The van der Waals surface area contributed by atoms with E-state index in [0.717, 1.165) is 24.8 Å². The Balaban J connectivity index is 1.97. The van der Waals surface area contributed by atoms with Crippen LogP contribution >= 0.6 is 23.2 Å². The number of halogens is 2. The summed E-state index contributed by atoms with van der Waals surface area (Å²) in [4.78, 5) is 12.1. The van der Waals surface area contributed by atoms with Crippen LogP contribution in [0.5, 0.6) is 0 Å². The van der Waals surface area contributed by atoms with Crippen molar-refractivity contribution < 1.29 is 4.79 Å². The molecule has 1 saturated carbocycles. The van der Waals surface area contributed by atoms with Crippen molar-refractivity contribution in [3.05, 3.63) is 34.3 Å². The Morgan fingerprint density at radius 1 is 1.44 bits per heavy atom. The molecule has 2 unspecified atom stereocenters. The number of hydrogen-bond donors (Lipinski definition) is 1. The average molecular weight is 286 g/mol. The minimum atomic E-state index is -0.0641. The summed E-state index contributed by atoms with van der Waals surface area (Å²) in [6.07, 6.45) is 3.31. The summed E-state index contributed by atoms with van der Waals surface area (Å²) >= 11 is 12.2. The molecular formula is C14H17Cl2NO. The van der Waals surface area contributed by atoms with E-state index in [-0.39, 0.29) is 11.3 Å². The molecular weight excluding hydrogens is 269 g/mol. The Bertz CT molecular complexity index is 447. The third kappa shape index (κ3) is 2.99. The molecule has 0 bridgehead atoms. The topological polar surface area (TPSA) is 29.1 Å². The van der Waals surface area contributed by atoms with Crippen LogP contribution in [0.3, 0.4) is 0 Å². The summed E-state index contributed by atoms with van der Waals surface area (Å²) < 4.78 is 0. The van der Waals surface area contributed by atoms with E-state index < -0.39 is 0 Å². The van der Waals surface area contributed by atoms with E-state index in [1.165, 1.54) is 0 Å². The second-order valence-electron chi connectivity index (χ2n) is 4.83. The van der Waals surface area contributed by atoms with Crippen LogP contribution in [0, 0.1) is 12.8 Å². The first-order valence-electron chi connectivity index (χ1n) is 6.27. The minimum Gasteiger partial charge on any atom is -0.352 e. The van der Waals surface area contributed by atoms with Crippen LogP contribution in [0.25, 0.3) is 0 Å². The van der Waals surface area contributed by atoms with Crippen molar-refractivity contribution in [2.24, 2.45) is 5.92 Å². The molecule has 1 fully saturated rings. The van der Waals surface area contributed by atoms with E-state index in [1.807, 2.05) is 6.92 Å². The smallest absolute Gasteiger partial charge is 0.251 e. The summed E-state index contributed by atoms with van der Waals surface area (Å²) in [6, 6.07) is 5.38. The number of amides is 1. The van der Waals surface area contributed by atoms with Gasteiger partial charge in [-0.25, -0.2) is 0 Å². The van der Waals surface area contributed by atoms with E-state index in [1.54, 1.807) is 18.2 Å². The Morgan fingerprint density at radius 2 is 2.22 bits per heavy atom. The van der Waals surface area contributed by atoms with Crippen molar-refractivity contribution in [3.63, 3.8) is 0 Å². The Kier molecular flexibility index (Phi) is 4.52. The second kappa shape index (κ2) is 5.94. The van der Waals surface area contributed by atoms with Crippen LogP contribution in [0.1, 0.15) is 35.2 Å². The van der Waals surface area contributed by atoms with Gasteiger partial charge in [-0.3, -0.25) is 4.79 Å². The lowest BCUT2D eigenvalue weighted by Crippen LogP contribution is -2.31. The fraction of sp³-hybridized carbons (Fsp3) is 0.500. The van der Waals surface area contributed by atoms with Gasteiger partial charge in [-0.15, -0.1) is 11.6 Å². The molecule has 1 N–H and O–H groups in total. The molecule has 2 rings (SSSR count). The van der Waals surface area contributed by atoms with Crippen molar-refractivity contribution in [2.75, 3.05) is 6.54 Å². The van der Waals surface area contributed by atoms with E-state index in [0.29, 0.717) is 23.0 Å². The van der Waals surface area contributed by atoms with Crippen molar-refractivity contribution in [2.45, 2.75) is 31.6 Å². The second-order valence-corrected chi connectivity index (χ2v) is 5.80. The lowest BCUT2D eigenvalue weighted by molar-refractivity contribution is 0.0947. The minimum absolute atomic E-state index is 0.0641. The predicted molar refractivity (Wildman–Crippen MR) is 75.5 cm³/mol. The molecule has 4 heteroatoms. The van der Waals surface area contributed by atoms with Crippen LogP contribution in [0.15, 0.2) is 18.2 Å². The molecule has 1 amide bonds. The molecule has 98 valence electrons. The maximum atomic E-state index is 12.1. The van der Waals surface area contributed by atoms with Crippen LogP contribution in [0.2, 0.25) is 5.02 Å². The highest BCUT2D eigenvalue weighted by Crippen LogP contribution is 2.29. The van der Waals surface area contributed by atoms with Gasteiger partial charge in [-0.1, -0.05) is 24.1 Å². The molecule has 0 saturated heterocycles. The van der Waals surface area contributed by atoms with Gasteiger partial charge in [0.05, 0.1) is 0 Å². The van der Waals surface area contributed by atoms with Gasteiger partial charge >= 0.3 is 0 Å². The van der Waals surface area contributed by atoms with Gasteiger partial charge in [0.2, 0.25) is 0 Å². The molecule has 1 aliphatic carbocycles. The Morgan fingerprint density at radius 3 is 2.89 bits per heavy atom. The quantitative estimate of drug-likeness (QED) is 0.842. The van der Waals surface area contributed by atoms with Gasteiger partial charge in [-0.05, 0) is 43.4 Å². The Labute approximate surface area is 118 Å². The number of carbonyl (C=O) groups excluding carboxylic acids is 1. The van der Waals surface area contributed by atoms with Crippen molar-refractivity contribution in [1.82, 2.24) is 5.32 Å². The van der Waals surface area contributed by atoms with Crippen LogP contribution in [-0.4, -0.2) is 17.8 Å². The van der Waals surface area contributed by atoms with Crippen LogP contribution < -0.4 is 5.32 Å². The lowest BCUT2D eigenvalue weighted by atomic mass is 10.1. The highest BCUT2D eigenvalue weighted by Gasteiger charge is 2.25. The first-order valence-corrected chi connectivity index (χ1v) is 7.08. The highest BCUT2D eigenvalue weighted by atomic mass is 35.5. The fourth-order valence-corrected chi connectivity index (χ4v) is 2.94. The summed E-state index contributed by atoms with van der Waals surface area (Å²) in [5.74, 6) is 0.334. The van der Waals surface area contributed by atoms with E-state index in [4.69, 9.17) is 23.2 Å². The van der Waals surface area contributed by atoms with E-state index >= 15 is 0 Å². The number of carbonyl (C=O) groups is 1. The van der Waals surface area contributed by atoms with Crippen molar-refractivity contribution >= 4 is 29.1 Å². The lowest BCUT2D eigenvalue weighted by Gasteiger charge is -2.15. The molecule has 1 aromatic rings.